The normalized spacial score (nSPS) is 12.2. The summed E-state index contributed by atoms with van der Waals surface area (Å²) in [5, 5.41) is 6.86. The highest BCUT2D eigenvalue weighted by molar-refractivity contribution is 6.42. The van der Waals surface area contributed by atoms with Crippen molar-refractivity contribution in [2.45, 2.75) is 13.0 Å². The van der Waals surface area contributed by atoms with Gasteiger partial charge in [-0.05, 0) is 18.6 Å². The molecule has 1 unspecified atom stereocenters. The van der Waals surface area contributed by atoms with Crippen molar-refractivity contribution in [2.75, 3.05) is 26.8 Å². The van der Waals surface area contributed by atoms with Crippen LogP contribution in [0.4, 0.5) is 0 Å². The van der Waals surface area contributed by atoms with Crippen LogP contribution in [0.15, 0.2) is 18.2 Å². The molecule has 1 rings (SSSR count). The van der Waals surface area contributed by atoms with E-state index in [2.05, 4.69) is 10.6 Å². The highest BCUT2D eigenvalue weighted by Gasteiger charge is 2.12. The Morgan fingerprint density at radius 3 is 2.84 bits per heavy atom. The Morgan fingerprint density at radius 2 is 2.16 bits per heavy atom. The van der Waals surface area contributed by atoms with Crippen molar-refractivity contribution >= 4 is 29.1 Å². The molecule has 0 radical (unpaired) electrons. The van der Waals surface area contributed by atoms with Crippen LogP contribution in [0.5, 0.6) is 0 Å². The van der Waals surface area contributed by atoms with Crippen LogP contribution >= 0.6 is 23.2 Å². The molecule has 1 aromatic carbocycles. The SMILES string of the molecule is COCCNC(=O)CNC(C)c1cccc(Cl)c1Cl. The van der Waals surface area contributed by atoms with Crippen molar-refractivity contribution < 1.29 is 9.53 Å². The zero-order chi connectivity index (χ0) is 14.3. The molecule has 2 N–H and O–H groups in total. The van der Waals surface area contributed by atoms with E-state index in [1.54, 1.807) is 13.2 Å². The molecular weight excluding hydrogens is 287 g/mol. The quantitative estimate of drug-likeness (QED) is 0.761. The van der Waals surface area contributed by atoms with E-state index in [1.807, 2.05) is 19.1 Å². The molecule has 0 aliphatic carbocycles. The van der Waals surface area contributed by atoms with Crippen LogP contribution in [0.2, 0.25) is 10.0 Å². The lowest BCUT2D eigenvalue weighted by Crippen LogP contribution is -2.36. The van der Waals surface area contributed by atoms with Gasteiger partial charge in [-0.3, -0.25) is 4.79 Å². The van der Waals surface area contributed by atoms with Crippen molar-refractivity contribution in [3.05, 3.63) is 33.8 Å². The third-order valence-corrected chi connectivity index (χ3v) is 3.48. The molecular formula is C13H18Cl2N2O2. The number of nitrogens with one attached hydrogen (secondary N) is 2. The Balaban J connectivity index is 2.44. The first-order valence-electron chi connectivity index (χ1n) is 5.99. The summed E-state index contributed by atoms with van der Waals surface area (Å²) >= 11 is 12.1. The Labute approximate surface area is 123 Å². The van der Waals surface area contributed by atoms with Gasteiger partial charge in [0, 0.05) is 19.7 Å². The monoisotopic (exact) mass is 304 g/mol. The standard InChI is InChI=1S/C13H18Cl2N2O2/c1-9(10-4-3-5-11(14)13(10)15)17-8-12(18)16-6-7-19-2/h3-5,9,17H,6-8H2,1-2H3,(H,16,18). The first kappa shape index (κ1) is 16.2. The lowest BCUT2D eigenvalue weighted by molar-refractivity contribution is -0.120. The largest absolute Gasteiger partial charge is 0.383 e. The summed E-state index contributed by atoms with van der Waals surface area (Å²) in [5.41, 5.74) is 0.874. The van der Waals surface area contributed by atoms with Crippen molar-refractivity contribution in [2.24, 2.45) is 0 Å². The number of carbonyl (C=O) groups excluding carboxylic acids is 1. The smallest absolute Gasteiger partial charge is 0.234 e. The van der Waals surface area contributed by atoms with Gasteiger partial charge in [-0.2, -0.15) is 0 Å². The van der Waals surface area contributed by atoms with Crippen molar-refractivity contribution in [1.29, 1.82) is 0 Å². The molecule has 1 aromatic rings. The summed E-state index contributed by atoms with van der Waals surface area (Å²) in [6.45, 7) is 3.15. The van der Waals surface area contributed by atoms with E-state index >= 15 is 0 Å². The molecule has 0 heterocycles. The maximum Gasteiger partial charge on any atom is 0.234 e. The molecule has 0 aliphatic rings. The first-order chi connectivity index (χ1) is 9.06. The summed E-state index contributed by atoms with van der Waals surface area (Å²) in [6.07, 6.45) is 0. The van der Waals surface area contributed by atoms with E-state index in [9.17, 15) is 4.79 Å². The summed E-state index contributed by atoms with van der Waals surface area (Å²) in [7, 11) is 1.59. The van der Waals surface area contributed by atoms with Gasteiger partial charge in [0.05, 0.1) is 23.2 Å². The van der Waals surface area contributed by atoms with Gasteiger partial charge in [0.1, 0.15) is 0 Å². The number of carbonyl (C=O) groups is 1. The molecule has 0 aromatic heterocycles. The van der Waals surface area contributed by atoms with Gasteiger partial charge in [0.2, 0.25) is 5.91 Å². The minimum absolute atomic E-state index is 0.0561. The van der Waals surface area contributed by atoms with Crippen molar-refractivity contribution in [1.82, 2.24) is 10.6 Å². The molecule has 0 aliphatic heterocycles. The van der Waals surface area contributed by atoms with Gasteiger partial charge in [-0.25, -0.2) is 0 Å². The minimum atomic E-state index is -0.0814. The molecule has 1 atom stereocenters. The number of methoxy groups -OCH3 is 1. The van der Waals surface area contributed by atoms with Crippen LogP contribution in [-0.2, 0) is 9.53 Å². The van der Waals surface area contributed by atoms with Gasteiger partial charge in [0.15, 0.2) is 0 Å². The molecule has 19 heavy (non-hydrogen) atoms. The number of hydrogen-bond acceptors (Lipinski definition) is 3. The van der Waals surface area contributed by atoms with E-state index in [1.165, 1.54) is 0 Å². The third kappa shape index (κ3) is 5.37. The maximum atomic E-state index is 11.5. The molecule has 106 valence electrons. The molecule has 0 bridgehead atoms. The van der Waals surface area contributed by atoms with E-state index in [-0.39, 0.29) is 18.5 Å². The predicted octanol–water partition coefficient (Wildman–Crippen LogP) is 2.41. The van der Waals surface area contributed by atoms with Crippen LogP contribution in [0.3, 0.4) is 0 Å². The number of benzene rings is 1. The minimum Gasteiger partial charge on any atom is -0.383 e. The van der Waals surface area contributed by atoms with Crippen molar-refractivity contribution in [3.63, 3.8) is 0 Å². The van der Waals surface area contributed by atoms with E-state index < -0.39 is 0 Å². The lowest BCUT2D eigenvalue weighted by atomic mass is 10.1. The molecule has 0 fully saturated rings. The van der Waals surface area contributed by atoms with E-state index in [0.29, 0.717) is 23.2 Å². The highest BCUT2D eigenvalue weighted by Crippen LogP contribution is 2.29. The van der Waals surface area contributed by atoms with Gasteiger partial charge in [-0.1, -0.05) is 35.3 Å². The Hall–Kier alpha value is -0.810. The number of ether oxygens (including phenoxy) is 1. The van der Waals surface area contributed by atoms with E-state index in [0.717, 1.165) is 5.56 Å². The summed E-state index contributed by atoms with van der Waals surface area (Å²) in [4.78, 5) is 11.5. The molecule has 4 nitrogen and oxygen atoms in total. The van der Waals surface area contributed by atoms with Crippen LogP contribution in [-0.4, -0.2) is 32.7 Å². The van der Waals surface area contributed by atoms with Crippen LogP contribution in [0.1, 0.15) is 18.5 Å². The van der Waals surface area contributed by atoms with Crippen LogP contribution < -0.4 is 10.6 Å². The number of rotatable bonds is 7. The highest BCUT2D eigenvalue weighted by atomic mass is 35.5. The fourth-order valence-electron chi connectivity index (χ4n) is 1.57. The van der Waals surface area contributed by atoms with Crippen LogP contribution in [0, 0.1) is 0 Å². The zero-order valence-corrected chi connectivity index (χ0v) is 12.5. The Morgan fingerprint density at radius 1 is 1.42 bits per heavy atom. The van der Waals surface area contributed by atoms with Gasteiger partial charge in [0.25, 0.3) is 0 Å². The average molecular weight is 305 g/mol. The second kappa shape index (κ2) is 8.38. The molecule has 1 amide bonds. The third-order valence-electron chi connectivity index (χ3n) is 2.65. The van der Waals surface area contributed by atoms with Gasteiger partial charge < -0.3 is 15.4 Å². The topological polar surface area (TPSA) is 50.4 Å². The fourth-order valence-corrected chi connectivity index (χ4v) is 2.04. The second-order valence-corrected chi connectivity index (χ2v) is 4.87. The lowest BCUT2D eigenvalue weighted by Gasteiger charge is -2.16. The average Bonchev–Trinajstić information content (AvgIpc) is 2.39. The van der Waals surface area contributed by atoms with Gasteiger partial charge in [-0.15, -0.1) is 0 Å². The molecule has 6 heteroatoms. The number of amides is 1. The second-order valence-electron chi connectivity index (χ2n) is 4.09. The summed E-state index contributed by atoms with van der Waals surface area (Å²) in [5.74, 6) is -0.0814. The molecule has 0 saturated heterocycles. The number of halogens is 2. The molecule has 0 spiro atoms. The fraction of sp³-hybridized carbons (Fsp3) is 0.462. The van der Waals surface area contributed by atoms with Crippen LogP contribution in [0.25, 0.3) is 0 Å². The van der Waals surface area contributed by atoms with Gasteiger partial charge >= 0.3 is 0 Å². The Bertz CT molecular complexity index is 427. The predicted molar refractivity (Wildman–Crippen MR) is 77.8 cm³/mol. The Kier molecular flexibility index (Phi) is 7.16. The summed E-state index contributed by atoms with van der Waals surface area (Å²) in [6, 6.07) is 5.39. The molecule has 0 saturated carbocycles. The van der Waals surface area contributed by atoms with Crippen molar-refractivity contribution in [3.8, 4) is 0 Å². The van der Waals surface area contributed by atoms with E-state index in [4.69, 9.17) is 27.9 Å². The summed E-state index contributed by atoms with van der Waals surface area (Å²) < 4.78 is 4.85. The first-order valence-corrected chi connectivity index (χ1v) is 6.74. The number of hydrogen-bond donors (Lipinski definition) is 2. The maximum absolute atomic E-state index is 11.5. The zero-order valence-electron chi connectivity index (χ0n) is 11.0.